The van der Waals surface area contributed by atoms with Crippen molar-refractivity contribution < 1.29 is 9.47 Å². The van der Waals surface area contributed by atoms with Crippen LogP contribution in [0, 0.1) is 22.7 Å². The van der Waals surface area contributed by atoms with Gasteiger partial charge in [-0.15, -0.1) is 0 Å². The highest BCUT2D eigenvalue weighted by Gasteiger charge is 2.11. The first-order valence-electron chi connectivity index (χ1n) is 7.42. The summed E-state index contributed by atoms with van der Waals surface area (Å²) in [5, 5.41) is 17.8. The Morgan fingerprint density at radius 1 is 1.04 bits per heavy atom. The van der Waals surface area contributed by atoms with Gasteiger partial charge >= 0.3 is 0 Å². The molecule has 2 rings (SSSR count). The van der Waals surface area contributed by atoms with Crippen molar-refractivity contribution in [3.05, 3.63) is 62.0 Å². The summed E-state index contributed by atoms with van der Waals surface area (Å²) in [4.78, 5) is 0. The molecule has 0 spiro atoms. The maximum atomic E-state index is 8.92. The average Bonchev–Trinajstić information content (AvgIpc) is 2.62. The first-order chi connectivity index (χ1) is 12.1. The first-order valence-corrected chi connectivity index (χ1v) is 9.01. The standard InChI is InChI=1S/C19H14Br2N2O2/c1-2-24-18-8-15(7-14(10-22)11-23)17(21)9-19(18)25-12-13-3-5-16(20)6-4-13/h3-9H,2,12H2,1H3. The molecular weight excluding hydrogens is 448 g/mol. The molecule has 0 unspecified atom stereocenters. The Morgan fingerprint density at radius 3 is 2.28 bits per heavy atom. The minimum atomic E-state index is 0.0201. The van der Waals surface area contributed by atoms with Gasteiger partial charge in [-0.05, 0) is 48.4 Å². The summed E-state index contributed by atoms with van der Waals surface area (Å²) in [7, 11) is 0. The van der Waals surface area contributed by atoms with Gasteiger partial charge in [0, 0.05) is 8.95 Å². The van der Waals surface area contributed by atoms with E-state index in [2.05, 4.69) is 31.9 Å². The highest BCUT2D eigenvalue weighted by molar-refractivity contribution is 9.10. The van der Waals surface area contributed by atoms with E-state index in [-0.39, 0.29) is 5.57 Å². The van der Waals surface area contributed by atoms with Crippen molar-refractivity contribution in [2.45, 2.75) is 13.5 Å². The SMILES string of the molecule is CCOc1cc(C=C(C#N)C#N)c(Br)cc1OCc1ccc(Br)cc1. The highest BCUT2D eigenvalue weighted by Crippen LogP contribution is 2.35. The van der Waals surface area contributed by atoms with Gasteiger partial charge in [-0.2, -0.15) is 10.5 Å². The zero-order valence-electron chi connectivity index (χ0n) is 13.4. The molecule has 0 heterocycles. The first kappa shape index (κ1) is 19.1. The molecule has 0 bridgehead atoms. The zero-order valence-corrected chi connectivity index (χ0v) is 16.6. The second-order valence-corrected chi connectivity index (χ2v) is 6.72. The third kappa shape index (κ3) is 5.35. The summed E-state index contributed by atoms with van der Waals surface area (Å²) in [6.45, 7) is 2.76. The van der Waals surface area contributed by atoms with E-state index in [1.807, 2.05) is 43.3 Å². The zero-order chi connectivity index (χ0) is 18.2. The summed E-state index contributed by atoms with van der Waals surface area (Å²) >= 11 is 6.85. The van der Waals surface area contributed by atoms with Crippen molar-refractivity contribution in [2.24, 2.45) is 0 Å². The smallest absolute Gasteiger partial charge is 0.162 e. The van der Waals surface area contributed by atoms with Crippen LogP contribution >= 0.6 is 31.9 Å². The van der Waals surface area contributed by atoms with Crippen LogP contribution in [0.15, 0.2) is 50.9 Å². The molecule has 126 valence electrons. The van der Waals surface area contributed by atoms with E-state index in [1.54, 1.807) is 12.1 Å². The monoisotopic (exact) mass is 460 g/mol. The van der Waals surface area contributed by atoms with Gasteiger partial charge in [-0.25, -0.2) is 0 Å². The average molecular weight is 462 g/mol. The van der Waals surface area contributed by atoms with Crippen LogP contribution in [0.25, 0.3) is 6.08 Å². The van der Waals surface area contributed by atoms with E-state index in [1.165, 1.54) is 6.08 Å². The molecule has 25 heavy (non-hydrogen) atoms. The van der Waals surface area contributed by atoms with Gasteiger partial charge in [0.05, 0.1) is 6.61 Å². The summed E-state index contributed by atoms with van der Waals surface area (Å²) < 4.78 is 13.3. The highest BCUT2D eigenvalue weighted by atomic mass is 79.9. The number of benzene rings is 2. The molecule has 0 fully saturated rings. The summed E-state index contributed by atoms with van der Waals surface area (Å²) in [5.41, 5.74) is 1.73. The normalized spacial score (nSPS) is 9.64. The van der Waals surface area contributed by atoms with E-state index in [0.717, 1.165) is 10.0 Å². The molecule has 0 aromatic heterocycles. The van der Waals surface area contributed by atoms with Crippen molar-refractivity contribution in [3.8, 4) is 23.6 Å². The number of rotatable bonds is 6. The van der Waals surface area contributed by atoms with Crippen LogP contribution in [-0.4, -0.2) is 6.61 Å². The van der Waals surface area contributed by atoms with Crippen molar-refractivity contribution in [3.63, 3.8) is 0 Å². The molecule has 6 heteroatoms. The number of nitrogens with zero attached hydrogens (tertiary/aromatic N) is 2. The lowest BCUT2D eigenvalue weighted by atomic mass is 10.1. The lowest BCUT2D eigenvalue weighted by Gasteiger charge is -2.14. The third-order valence-electron chi connectivity index (χ3n) is 3.21. The quantitative estimate of drug-likeness (QED) is 0.523. The van der Waals surface area contributed by atoms with Gasteiger partial charge in [0.1, 0.15) is 24.3 Å². The van der Waals surface area contributed by atoms with Crippen LogP contribution in [0.1, 0.15) is 18.1 Å². The van der Waals surface area contributed by atoms with Gasteiger partial charge in [-0.1, -0.05) is 44.0 Å². The number of hydrogen-bond acceptors (Lipinski definition) is 4. The summed E-state index contributed by atoms with van der Waals surface area (Å²) in [5.74, 6) is 1.15. The van der Waals surface area contributed by atoms with Gasteiger partial charge in [0.2, 0.25) is 0 Å². The molecule has 0 aliphatic heterocycles. The van der Waals surface area contributed by atoms with Crippen LogP contribution in [-0.2, 0) is 6.61 Å². The number of halogens is 2. The molecule has 0 saturated heterocycles. The molecule has 2 aromatic carbocycles. The number of hydrogen-bond donors (Lipinski definition) is 0. The van der Waals surface area contributed by atoms with E-state index in [0.29, 0.717) is 34.7 Å². The predicted molar refractivity (Wildman–Crippen MR) is 103 cm³/mol. The lowest BCUT2D eigenvalue weighted by Crippen LogP contribution is -2.00. The van der Waals surface area contributed by atoms with Gasteiger partial charge in [-0.3, -0.25) is 0 Å². The molecule has 0 N–H and O–H groups in total. The fraction of sp³-hybridized carbons (Fsp3) is 0.158. The molecule has 0 radical (unpaired) electrons. The largest absolute Gasteiger partial charge is 0.490 e. The van der Waals surface area contributed by atoms with Crippen molar-refractivity contribution >= 4 is 37.9 Å². The molecule has 0 aliphatic carbocycles. The van der Waals surface area contributed by atoms with Gasteiger partial charge < -0.3 is 9.47 Å². The second-order valence-electron chi connectivity index (χ2n) is 4.95. The predicted octanol–water partition coefficient (Wildman–Crippen LogP) is 5.62. The molecule has 4 nitrogen and oxygen atoms in total. The maximum Gasteiger partial charge on any atom is 0.162 e. The minimum absolute atomic E-state index is 0.0201. The third-order valence-corrected chi connectivity index (χ3v) is 4.43. The molecule has 0 saturated carbocycles. The Morgan fingerprint density at radius 2 is 1.68 bits per heavy atom. The van der Waals surface area contributed by atoms with E-state index >= 15 is 0 Å². The number of ether oxygens (including phenoxy) is 2. The summed E-state index contributed by atoms with van der Waals surface area (Å²) in [6, 6.07) is 15.1. The van der Waals surface area contributed by atoms with Crippen LogP contribution in [0.2, 0.25) is 0 Å². The minimum Gasteiger partial charge on any atom is -0.490 e. The fourth-order valence-corrected chi connectivity index (χ4v) is 2.73. The van der Waals surface area contributed by atoms with Crippen LogP contribution < -0.4 is 9.47 Å². The molecule has 0 atom stereocenters. The van der Waals surface area contributed by atoms with Gasteiger partial charge in [0.25, 0.3) is 0 Å². The molecule has 0 aliphatic rings. The van der Waals surface area contributed by atoms with E-state index in [9.17, 15) is 0 Å². The fourth-order valence-electron chi connectivity index (χ4n) is 2.03. The van der Waals surface area contributed by atoms with Crippen LogP contribution in [0.4, 0.5) is 0 Å². The Balaban J connectivity index is 2.30. The molecule has 2 aromatic rings. The Labute approximate surface area is 163 Å². The van der Waals surface area contributed by atoms with Crippen molar-refractivity contribution in [2.75, 3.05) is 6.61 Å². The number of allylic oxidation sites excluding steroid dienone is 1. The second kappa shape index (κ2) is 9.27. The van der Waals surface area contributed by atoms with E-state index in [4.69, 9.17) is 20.0 Å². The van der Waals surface area contributed by atoms with Crippen molar-refractivity contribution in [1.82, 2.24) is 0 Å². The molecular formula is C19H14Br2N2O2. The Bertz CT molecular complexity index is 847. The Hall–Kier alpha value is -2.28. The van der Waals surface area contributed by atoms with E-state index < -0.39 is 0 Å². The van der Waals surface area contributed by atoms with Crippen LogP contribution in [0.5, 0.6) is 11.5 Å². The lowest BCUT2D eigenvalue weighted by molar-refractivity contribution is 0.269. The summed E-state index contributed by atoms with van der Waals surface area (Å²) in [6.07, 6.45) is 1.51. The molecule has 0 amide bonds. The van der Waals surface area contributed by atoms with Crippen LogP contribution in [0.3, 0.4) is 0 Å². The van der Waals surface area contributed by atoms with Crippen molar-refractivity contribution in [1.29, 1.82) is 10.5 Å². The number of nitriles is 2. The van der Waals surface area contributed by atoms with Gasteiger partial charge in [0.15, 0.2) is 11.5 Å². The topological polar surface area (TPSA) is 66.0 Å². The Kier molecular flexibility index (Phi) is 7.06. The maximum absolute atomic E-state index is 8.92.